The summed E-state index contributed by atoms with van der Waals surface area (Å²) in [6.45, 7) is 2.75. The molecule has 0 saturated heterocycles. The minimum absolute atomic E-state index is 0.00417. The number of benzene rings is 2. The van der Waals surface area contributed by atoms with Crippen LogP contribution in [0.3, 0.4) is 0 Å². The van der Waals surface area contributed by atoms with Gasteiger partial charge in [-0.25, -0.2) is 0 Å². The van der Waals surface area contributed by atoms with Crippen molar-refractivity contribution in [3.63, 3.8) is 0 Å². The molecule has 2 aliphatic rings. The van der Waals surface area contributed by atoms with Gasteiger partial charge in [0.15, 0.2) is 0 Å². The van der Waals surface area contributed by atoms with Gasteiger partial charge < -0.3 is 20.5 Å². The first kappa shape index (κ1) is 20.4. The number of aliphatic hydroxyl groups is 1. The molecule has 1 unspecified atom stereocenters. The fourth-order valence-electron chi connectivity index (χ4n) is 4.70. The summed E-state index contributed by atoms with van der Waals surface area (Å²) in [6.07, 6.45) is 5.88. The highest BCUT2D eigenvalue weighted by Crippen LogP contribution is 2.49. The van der Waals surface area contributed by atoms with Crippen LogP contribution in [-0.4, -0.2) is 36.4 Å². The second-order valence-corrected chi connectivity index (χ2v) is 8.68. The van der Waals surface area contributed by atoms with Crippen molar-refractivity contribution in [1.82, 2.24) is 10.6 Å². The number of hydrogen-bond acceptors (Lipinski definition) is 4. The lowest BCUT2D eigenvalue weighted by atomic mass is 9.72. The molecule has 1 aliphatic heterocycles. The van der Waals surface area contributed by atoms with Gasteiger partial charge in [-0.1, -0.05) is 49.4 Å². The third kappa shape index (κ3) is 4.50. The molecule has 3 atom stereocenters. The van der Waals surface area contributed by atoms with Crippen molar-refractivity contribution in [2.45, 2.75) is 69.2 Å². The quantitative estimate of drug-likeness (QED) is 0.638. The number of fused-ring (bicyclic) bond motifs is 1. The molecule has 0 bridgehead atoms. The first-order valence-electron chi connectivity index (χ1n) is 11.1. The number of nitrogens with one attached hydrogen (secondary N) is 2. The Hall–Kier alpha value is -1.88. The van der Waals surface area contributed by atoms with Crippen LogP contribution in [0.5, 0.6) is 5.75 Å². The summed E-state index contributed by atoms with van der Waals surface area (Å²) in [6, 6.07) is 17.2. The van der Waals surface area contributed by atoms with E-state index in [1.807, 2.05) is 13.1 Å². The maximum Gasteiger partial charge on any atom is 0.124 e. The smallest absolute Gasteiger partial charge is 0.124 e. The Bertz CT molecular complexity index is 804. The Morgan fingerprint density at radius 3 is 2.59 bits per heavy atom. The molecular formula is C25H34N2O2. The lowest BCUT2D eigenvalue weighted by Crippen LogP contribution is -2.51. The largest absolute Gasteiger partial charge is 0.487 e. The van der Waals surface area contributed by atoms with Crippen LogP contribution in [0.4, 0.5) is 0 Å². The van der Waals surface area contributed by atoms with Crippen LogP contribution >= 0.6 is 0 Å². The lowest BCUT2D eigenvalue weighted by Gasteiger charge is -2.48. The van der Waals surface area contributed by atoms with Gasteiger partial charge in [0.2, 0.25) is 0 Å². The summed E-state index contributed by atoms with van der Waals surface area (Å²) in [4.78, 5) is 0. The lowest BCUT2D eigenvalue weighted by molar-refractivity contribution is -0.0382. The molecule has 4 rings (SSSR count). The van der Waals surface area contributed by atoms with E-state index in [0.717, 1.165) is 37.9 Å². The summed E-state index contributed by atoms with van der Waals surface area (Å²) in [5.41, 5.74) is 3.82. The van der Waals surface area contributed by atoms with Crippen molar-refractivity contribution in [3.05, 3.63) is 65.2 Å². The van der Waals surface area contributed by atoms with Gasteiger partial charge in [-0.15, -0.1) is 0 Å². The molecule has 2 aromatic rings. The van der Waals surface area contributed by atoms with E-state index in [-0.39, 0.29) is 17.7 Å². The van der Waals surface area contributed by atoms with Crippen LogP contribution < -0.4 is 15.4 Å². The molecule has 4 heteroatoms. The summed E-state index contributed by atoms with van der Waals surface area (Å²) < 4.78 is 6.42. The third-order valence-corrected chi connectivity index (χ3v) is 6.73. The van der Waals surface area contributed by atoms with Crippen LogP contribution in [0.25, 0.3) is 0 Å². The number of hydrogen-bond donors (Lipinski definition) is 3. The molecule has 0 aromatic heterocycles. The average Bonchev–Trinajstić information content (AvgIpc) is 2.74. The fraction of sp³-hybridized carbons (Fsp3) is 0.520. The maximum atomic E-state index is 10.9. The van der Waals surface area contributed by atoms with Gasteiger partial charge in [0.25, 0.3) is 0 Å². The molecule has 0 amide bonds. The number of aryl methyl sites for hydroxylation is 1. The van der Waals surface area contributed by atoms with E-state index in [9.17, 15) is 5.11 Å². The van der Waals surface area contributed by atoms with Crippen LogP contribution in [0, 0.1) is 0 Å². The summed E-state index contributed by atoms with van der Waals surface area (Å²) in [7, 11) is 1.93. The summed E-state index contributed by atoms with van der Waals surface area (Å²) in [5, 5.41) is 17.9. The molecule has 1 aliphatic carbocycles. The SMILES string of the molecule is CCc1ccc2c(c1)C(NC[C@@H](O)[C@H](Cc1ccccc1)NC)CC1(CCC1)O2. The van der Waals surface area contributed by atoms with Gasteiger partial charge in [-0.3, -0.25) is 0 Å². The van der Waals surface area contributed by atoms with Gasteiger partial charge in [0.05, 0.1) is 6.10 Å². The zero-order valence-electron chi connectivity index (χ0n) is 17.7. The molecule has 1 heterocycles. The first-order chi connectivity index (χ1) is 14.1. The third-order valence-electron chi connectivity index (χ3n) is 6.73. The highest BCUT2D eigenvalue weighted by molar-refractivity contribution is 5.42. The van der Waals surface area contributed by atoms with Crippen LogP contribution in [-0.2, 0) is 12.8 Å². The molecule has 4 nitrogen and oxygen atoms in total. The van der Waals surface area contributed by atoms with E-state index in [1.54, 1.807) is 0 Å². The topological polar surface area (TPSA) is 53.5 Å². The summed E-state index contributed by atoms with van der Waals surface area (Å²) in [5.74, 6) is 1.02. The highest BCUT2D eigenvalue weighted by atomic mass is 16.5. The number of rotatable bonds is 8. The highest BCUT2D eigenvalue weighted by Gasteiger charge is 2.45. The molecular weight excluding hydrogens is 360 g/mol. The maximum absolute atomic E-state index is 10.9. The zero-order chi connectivity index (χ0) is 20.3. The second kappa shape index (κ2) is 8.86. The Morgan fingerprint density at radius 2 is 1.93 bits per heavy atom. The summed E-state index contributed by atoms with van der Waals surface area (Å²) >= 11 is 0. The van der Waals surface area contributed by atoms with Crippen molar-refractivity contribution in [2.24, 2.45) is 0 Å². The van der Waals surface area contributed by atoms with Crippen molar-refractivity contribution in [3.8, 4) is 5.75 Å². The average molecular weight is 395 g/mol. The van der Waals surface area contributed by atoms with Gasteiger partial charge in [0.1, 0.15) is 11.4 Å². The minimum atomic E-state index is -0.460. The number of ether oxygens (including phenoxy) is 1. The van der Waals surface area contributed by atoms with Gasteiger partial charge >= 0.3 is 0 Å². The molecule has 0 radical (unpaired) electrons. The van der Waals surface area contributed by atoms with E-state index >= 15 is 0 Å². The van der Waals surface area contributed by atoms with Gasteiger partial charge in [0, 0.05) is 30.6 Å². The van der Waals surface area contributed by atoms with Crippen molar-refractivity contribution in [1.29, 1.82) is 0 Å². The molecule has 1 fully saturated rings. The molecule has 1 saturated carbocycles. The second-order valence-electron chi connectivity index (χ2n) is 8.68. The monoisotopic (exact) mass is 394 g/mol. The predicted molar refractivity (Wildman–Crippen MR) is 117 cm³/mol. The van der Waals surface area contributed by atoms with Crippen molar-refractivity contribution >= 4 is 0 Å². The Balaban J connectivity index is 1.45. The molecule has 156 valence electrons. The van der Waals surface area contributed by atoms with Crippen molar-refractivity contribution in [2.75, 3.05) is 13.6 Å². The van der Waals surface area contributed by atoms with Crippen LogP contribution in [0.2, 0.25) is 0 Å². The molecule has 1 spiro atoms. The van der Waals surface area contributed by atoms with E-state index in [2.05, 4.69) is 60.0 Å². The van der Waals surface area contributed by atoms with E-state index in [1.165, 1.54) is 23.1 Å². The first-order valence-corrected chi connectivity index (χ1v) is 11.1. The Morgan fingerprint density at radius 1 is 1.14 bits per heavy atom. The van der Waals surface area contributed by atoms with E-state index in [0.29, 0.717) is 6.54 Å². The number of likely N-dealkylation sites (N-methyl/N-ethyl adjacent to an activating group) is 1. The van der Waals surface area contributed by atoms with E-state index < -0.39 is 6.10 Å². The molecule has 2 aromatic carbocycles. The van der Waals surface area contributed by atoms with Gasteiger partial charge in [-0.05, 0) is 56.3 Å². The predicted octanol–water partition coefficient (Wildman–Crippen LogP) is 3.78. The van der Waals surface area contributed by atoms with Crippen LogP contribution in [0.1, 0.15) is 55.3 Å². The standard InChI is InChI=1S/C25H34N2O2/c1-3-18-10-11-24-20(14-18)22(16-25(29-24)12-7-13-25)27-17-23(28)21(26-2)15-19-8-5-4-6-9-19/h4-6,8-11,14,21-23,26-28H,3,7,12-13,15-17H2,1-2H3/t21-,22?,23+/m0/s1. The minimum Gasteiger partial charge on any atom is -0.487 e. The zero-order valence-corrected chi connectivity index (χ0v) is 17.7. The van der Waals surface area contributed by atoms with E-state index in [4.69, 9.17) is 4.74 Å². The van der Waals surface area contributed by atoms with Crippen molar-refractivity contribution < 1.29 is 9.84 Å². The molecule has 29 heavy (non-hydrogen) atoms. The fourth-order valence-corrected chi connectivity index (χ4v) is 4.70. The number of aliphatic hydroxyl groups excluding tert-OH is 1. The Labute approximate surface area is 174 Å². The van der Waals surface area contributed by atoms with Crippen LogP contribution in [0.15, 0.2) is 48.5 Å². The van der Waals surface area contributed by atoms with Gasteiger partial charge in [-0.2, -0.15) is 0 Å². The molecule has 3 N–H and O–H groups in total. The Kier molecular flexibility index (Phi) is 6.23. The normalized spacial score (nSPS) is 21.7.